The zero-order valence-electron chi connectivity index (χ0n) is 16.9. The number of hydrogen-bond donors (Lipinski definition) is 3. The third-order valence-electron chi connectivity index (χ3n) is 5.17. The van der Waals surface area contributed by atoms with Crippen LogP contribution in [0.3, 0.4) is 0 Å². The van der Waals surface area contributed by atoms with E-state index in [9.17, 15) is 4.79 Å². The number of aromatic nitrogens is 1. The Kier molecular flexibility index (Phi) is 5.10. The summed E-state index contributed by atoms with van der Waals surface area (Å²) in [4.78, 5) is 18.5. The monoisotopic (exact) mass is 401 g/mol. The molecule has 0 atom stereocenters. The van der Waals surface area contributed by atoms with E-state index in [-0.39, 0.29) is 6.03 Å². The first-order valence-electron chi connectivity index (χ1n) is 9.58. The number of rotatable bonds is 5. The number of urea groups is 1. The van der Waals surface area contributed by atoms with Crippen LogP contribution in [0.2, 0.25) is 0 Å². The van der Waals surface area contributed by atoms with Crippen molar-refractivity contribution >= 4 is 23.1 Å². The molecule has 1 aromatic heterocycles. The van der Waals surface area contributed by atoms with Crippen LogP contribution in [-0.2, 0) is 13.1 Å². The van der Waals surface area contributed by atoms with Crippen LogP contribution in [0.1, 0.15) is 27.9 Å². The normalized spacial score (nSPS) is 12.9. The summed E-state index contributed by atoms with van der Waals surface area (Å²) in [6.45, 7) is 2.71. The Morgan fingerprint density at radius 1 is 1.27 bits per heavy atom. The number of benzene rings is 2. The van der Waals surface area contributed by atoms with Crippen molar-refractivity contribution in [3.63, 3.8) is 0 Å². The van der Waals surface area contributed by atoms with Gasteiger partial charge >= 0.3 is 6.03 Å². The van der Waals surface area contributed by atoms with Crippen molar-refractivity contribution in [1.29, 1.82) is 5.41 Å². The number of anilines is 2. The van der Waals surface area contributed by atoms with Gasteiger partial charge in [0.05, 0.1) is 19.4 Å². The predicted molar refractivity (Wildman–Crippen MR) is 117 cm³/mol. The summed E-state index contributed by atoms with van der Waals surface area (Å²) in [7, 11) is 1.62. The standard InChI is InChI=1S/C23H23N5O2/c1-14-9-15(7-8-26-14)22(25)18-10-17-13-28(23(29)27-20(17)11-19(18)24)12-16-5-3-4-6-21(16)30-2/h3-11,25H,12-13,24H2,1-2H3,(H,27,29). The van der Waals surface area contributed by atoms with Gasteiger partial charge in [-0.3, -0.25) is 10.4 Å². The zero-order valence-corrected chi connectivity index (χ0v) is 16.9. The number of para-hydroxylation sites is 1. The average Bonchev–Trinajstić information content (AvgIpc) is 2.74. The maximum Gasteiger partial charge on any atom is 0.322 e. The molecule has 30 heavy (non-hydrogen) atoms. The van der Waals surface area contributed by atoms with E-state index in [0.717, 1.165) is 28.1 Å². The third kappa shape index (κ3) is 3.69. The number of carbonyl (C=O) groups is 1. The van der Waals surface area contributed by atoms with Crippen LogP contribution >= 0.6 is 0 Å². The lowest BCUT2D eigenvalue weighted by Crippen LogP contribution is -2.38. The molecule has 0 saturated heterocycles. The van der Waals surface area contributed by atoms with E-state index in [2.05, 4.69) is 10.3 Å². The molecule has 2 heterocycles. The van der Waals surface area contributed by atoms with Crippen LogP contribution in [0.5, 0.6) is 5.75 Å². The summed E-state index contributed by atoms with van der Waals surface area (Å²) < 4.78 is 5.41. The molecule has 0 spiro atoms. The minimum Gasteiger partial charge on any atom is -0.496 e. The number of nitrogens with one attached hydrogen (secondary N) is 2. The summed E-state index contributed by atoms with van der Waals surface area (Å²) in [6.07, 6.45) is 1.68. The van der Waals surface area contributed by atoms with Gasteiger partial charge in [-0.25, -0.2) is 4.79 Å². The van der Waals surface area contributed by atoms with Crippen molar-refractivity contribution in [1.82, 2.24) is 9.88 Å². The molecule has 152 valence electrons. The van der Waals surface area contributed by atoms with Crippen molar-refractivity contribution in [2.45, 2.75) is 20.0 Å². The zero-order chi connectivity index (χ0) is 21.3. The number of hydrogen-bond acceptors (Lipinski definition) is 5. The first-order valence-corrected chi connectivity index (χ1v) is 9.58. The van der Waals surface area contributed by atoms with Crippen molar-refractivity contribution in [3.8, 4) is 5.75 Å². The molecule has 0 fully saturated rings. The summed E-state index contributed by atoms with van der Waals surface area (Å²) in [5, 5.41) is 11.5. The van der Waals surface area contributed by atoms with Crippen LogP contribution in [0.4, 0.5) is 16.2 Å². The van der Waals surface area contributed by atoms with E-state index in [1.165, 1.54) is 0 Å². The molecule has 0 radical (unpaired) electrons. The van der Waals surface area contributed by atoms with Crippen molar-refractivity contribution in [3.05, 3.63) is 82.7 Å². The number of nitrogens with two attached hydrogens (primary N) is 1. The van der Waals surface area contributed by atoms with Crippen molar-refractivity contribution < 1.29 is 9.53 Å². The van der Waals surface area contributed by atoms with Gasteiger partial charge in [0.1, 0.15) is 5.75 Å². The Morgan fingerprint density at radius 3 is 2.83 bits per heavy atom. The first kappa shape index (κ1) is 19.4. The second-order valence-electron chi connectivity index (χ2n) is 7.26. The second kappa shape index (κ2) is 7.87. The quantitative estimate of drug-likeness (QED) is 0.445. The Bertz CT molecular complexity index is 1140. The molecule has 7 heteroatoms. The fourth-order valence-corrected chi connectivity index (χ4v) is 3.62. The lowest BCUT2D eigenvalue weighted by atomic mass is 9.97. The third-order valence-corrected chi connectivity index (χ3v) is 5.17. The number of ether oxygens (including phenoxy) is 1. The molecule has 2 aromatic carbocycles. The topological polar surface area (TPSA) is 104 Å². The number of nitrogen functional groups attached to an aromatic ring is 1. The smallest absolute Gasteiger partial charge is 0.322 e. The SMILES string of the molecule is COc1ccccc1CN1Cc2cc(C(=N)c3ccnc(C)c3)c(N)cc2NC1=O. The fourth-order valence-electron chi connectivity index (χ4n) is 3.62. The van der Waals surface area contributed by atoms with Gasteiger partial charge in [-0.15, -0.1) is 0 Å². The summed E-state index contributed by atoms with van der Waals surface area (Å²) in [6, 6.07) is 14.7. The first-order chi connectivity index (χ1) is 14.5. The number of amides is 2. The second-order valence-corrected chi connectivity index (χ2v) is 7.26. The average molecular weight is 401 g/mol. The number of fused-ring (bicyclic) bond motifs is 1. The number of carbonyl (C=O) groups excluding carboxylic acids is 1. The van der Waals surface area contributed by atoms with Gasteiger partial charge in [0.2, 0.25) is 0 Å². The molecular weight excluding hydrogens is 378 g/mol. The fraction of sp³-hybridized carbons (Fsp3) is 0.174. The summed E-state index contributed by atoms with van der Waals surface area (Å²) in [5.41, 5.74) is 11.7. The number of pyridine rings is 1. The van der Waals surface area contributed by atoms with E-state index in [1.54, 1.807) is 30.3 Å². The predicted octanol–water partition coefficient (Wildman–Crippen LogP) is 3.94. The van der Waals surface area contributed by atoms with Gasteiger partial charge in [0.25, 0.3) is 0 Å². The highest BCUT2D eigenvalue weighted by Crippen LogP contribution is 2.31. The minimum atomic E-state index is -0.194. The Hall–Kier alpha value is -3.87. The van der Waals surface area contributed by atoms with Gasteiger partial charge in [-0.2, -0.15) is 0 Å². The van der Waals surface area contributed by atoms with E-state index < -0.39 is 0 Å². The molecule has 1 aliphatic heterocycles. The Labute approximate surface area is 175 Å². The molecule has 1 aliphatic rings. The minimum absolute atomic E-state index is 0.194. The van der Waals surface area contributed by atoms with Gasteiger partial charge in [-0.1, -0.05) is 18.2 Å². The highest BCUT2D eigenvalue weighted by Gasteiger charge is 2.25. The van der Waals surface area contributed by atoms with E-state index in [0.29, 0.717) is 35.7 Å². The van der Waals surface area contributed by atoms with E-state index in [1.807, 2.05) is 43.3 Å². The van der Waals surface area contributed by atoms with Crippen molar-refractivity contribution in [2.75, 3.05) is 18.2 Å². The van der Waals surface area contributed by atoms with Crippen molar-refractivity contribution in [2.24, 2.45) is 0 Å². The molecule has 4 N–H and O–H groups in total. The van der Waals surface area contributed by atoms with Gasteiger partial charge in [0.15, 0.2) is 0 Å². The van der Waals surface area contributed by atoms with E-state index in [4.69, 9.17) is 15.9 Å². The molecule has 3 aromatic rings. The lowest BCUT2D eigenvalue weighted by molar-refractivity contribution is 0.203. The van der Waals surface area contributed by atoms with Crippen LogP contribution in [0.25, 0.3) is 0 Å². The van der Waals surface area contributed by atoms with Crippen LogP contribution in [0.15, 0.2) is 54.7 Å². The lowest BCUT2D eigenvalue weighted by Gasteiger charge is -2.30. The summed E-state index contributed by atoms with van der Waals surface area (Å²) >= 11 is 0. The molecule has 4 rings (SSSR count). The summed E-state index contributed by atoms with van der Waals surface area (Å²) in [5.74, 6) is 0.740. The molecule has 0 unspecified atom stereocenters. The largest absolute Gasteiger partial charge is 0.496 e. The highest BCUT2D eigenvalue weighted by molar-refractivity contribution is 6.14. The molecule has 0 saturated carbocycles. The maximum absolute atomic E-state index is 12.6. The van der Waals surface area contributed by atoms with Gasteiger partial charge < -0.3 is 20.7 Å². The van der Waals surface area contributed by atoms with Gasteiger partial charge in [0, 0.05) is 46.5 Å². The molecule has 0 aliphatic carbocycles. The number of aryl methyl sites for hydroxylation is 1. The Balaban J connectivity index is 1.64. The molecule has 0 bridgehead atoms. The van der Waals surface area contributed by atoms with Crippen LogP contribution in [-0.4, -0.2) is 28.7 Å². The Morgan fingerprint density at radius 2 is 2.07 bits per heavy atom. The maximum atomic E-state index is 12.6. The molecule has 2 amide bonds. The highest BCUT2D eigenvalue weighted by atomic mass is 16.5. The molecule has 7 nitrogen and oxygen atoms in total. The number of methoxy groups -OCH3 is 1. The molecular formula is C23H23N5O2. The van der Waals surface area contributed by atoms with Crippen LogP contribution in [0, 0.1) is 12.3 Å². The van der Waals surface area contributed by atoms with E-state index >= 15 is 0 Å². The van der Waals surface area contributed by atoms with Gasteiger partial charge in [-0.05, 0) is 42.8 Å². The number of nitrogens with zero attached hydrogens (tertiary/aromatic N) is 2. The van der Waals surface area contributed by atoms with Crippen LogP contribution < -0.4 is 15.8 Å².